The van der Waals surface area contributed by atoms with Crippen molar-refractivity contribution in [2.24, 2.45) is 0 Å². The van der Waals surface area contributed by atoms with Crippen molar-refractivity contribution >= 4 is 37.5 Å². The predicted molar refractivity (Wildman–Crippen MR) is 59.8 cm³/mol. The SMILES string of the molecule is C[C@@H](CO)Nc1c(Br)cncc1Br. The minimum Gasteiger partial charge on any atom is -0.394 e. The van der Waals surface area contributed by atoms with E-state index < -0.39 is 0 Å². The molecule has 0 aliphatic carbocycles. The fourth-order valence-corrected chi connectivity index (χ4v) is 2.00. The van der Waals surface area contributed by atoms with Gasteiger partial charge in [-0.05, 0) is 38.8 Å². The predicted octanol–water partition coefficient (Wildman–Crippen LogP) is 2.40. The van der Waals surface area contributed by atoms with Gasteiger partial charge in [0, 0.05) is 18.4 Å². The van der Waals surface area contributed by atoms with Crippen LogP contribution < -0.4 is 5.32 Å². The number of rotatable bonds is 3. The highest BCUT2D eigenvalue weighted by atomic mass is 79.9. The van der Waals surface area contributed by atoms with Gasteiger partial charge in [0.2, 0.25) is 0 Å². The molecular formula is C8H10Br2N2O. The average Bonchev–Trinajstić information content (AvgIpc) is 2.11. The minimum atomic E-state index is 0.0231. The molecule has 0 bridgehead atoms. The molecule has 0 saturated heterocycles. The maximum absolute atomic E-state index is 8.87. The number of aliphatic hydroxyl groups is 1. The highest BCUT2D eigenvalue weighted by Gasteiger charge is 2.07. The summed E-state index contributed by atoms with van der Waals surface area (Å²) in [7, 11) is 0. The van der Waals surface area contributed by atoms with Crippen LogP contribution in [0.3, 0.4) is 0 Å². The van der Waals surface area contributed by atoms with Crippen LogP contribution >= 0.6 is 31.9 Å². The van der Waals surface area contributed by atoms with Crippen LogP contribution in [0.4, 0.5) is 5.69 Å². The van der Waals surface area contributed by atoms with Crippen LogP contribution in [0.5, 0.6) is 0 Å². The van der Waals surface area contributed by atoms with Gasteiger partial charge in [-0.25, -0.2) is 0 Å². The van der Waals surface area contributed by atoms with Crippen molar-refractivity contribution in [2.45, 2.75) is 13.0 Å². The van der Waals surface area contributed by atoms with Crippen molar-refractivity contribution in [1.82, 2.24) is 4.98 Å². The third-order valence-electron chi connectivity index (χ3n) is 1.52. The molecule has 2 N–H and O–H groups in total. The molecule has 1 atom stereocenters. The first-order chi connectivity index (χ1) is 6.15. The van der Waals surface area contributed by atoms with Gasteiger partial charge in [-0.1, -0.05) is 0 Å². The Labute approximate surface area is 93.8 Å². The second-order valence-corrected chi connectivity index (χ2v) is 4.41. The number of pyridine rings is 1. The second-order valence-electron chi connectivity index (χ2n) is 2.71. The van der Waals surface area contributed by atoms with Crippen LogP contribution in [0, 0.1) is 0 Å². The van der Waals surface area contributed by atoms with Gasteiger partial charge in [0.1, 0.15) is 0 Å². The van der Waals surface area contributed by atoms with Gasteiger partial charge in [-0.2, -0.15) is 0 Å². The van der Waals surface area contributed by atoms with E-state index in [0.717, 1.165) is 14.6 Å². The quantitative estimate of drug-likeness (QED) is 0.901. The van der Waals surface area contributed by atoms with Crippen molar-refractivity contribution in [3.63, 3.8) is 0 Å². The van der Waals surface area contributed by atoms with E-state index in [1.54, 1.807) is 12.4 Å². The van der Waals surface area contributed by atoms with E-state index >= 15 is 0 Å². The highest BCUT2D eigenvalue weighted by Crippen LogP contribution is 2.29. The van der Waals surface area contributed by atoms with E-state index in [1.807, 2.05) is 6.92 Å². The molecule has 0 fully saturated rings. The molecule has 0 aromatic carbocycles. The first kappa shape index (κ1) is 10.9. The normalized spacial score (nSPS) is 12.6. The van der Waals surface area contributed by atoms with Crippen LogP contribution in [0.1, 0.15) is 6.92 Å². The van der Waals surface area contributed by atoms with Gasteiger partial charge in [0.05, 0.1) is 21.2 Å². The number of hydrogen-bond donors (Lipinski definition) is 2. The fraction of sp³-hybridized carbons (Fsp3) is 0.375. The van der Waals surface area contributed by atoms with Crippen LogP contribution in [0.2, 0.25) is 0 Å². The first-order valence-corrected chi connectivity index (χ1v) is 5.40. The van der Waals surface area contributed by atoms with Crippen molar-refractivity contribution in [1.29, 1.82) is 0 Å². The maximum atomic E-state index is 8.87. The molecule has 3 nitrogen and oxygen atoms in total. The lowest BCUT2D eigenvalue weighted by Crippen LogP contribution is -2.19. The van der Waals surface area contributed by atoms with E-state index in [0.29, 0.717) is 0 Å². The van der Waals surface area contributed by atoms with Crippen molar-refractivity contribution < 1.29 is 5.11 Å². The molecule has 1 aromatic heterocycles. The van der Waals surface area contributed by atoms with E-state index in [9.17, 15) is 0 Å². The van der Waals surface area contributed by atoms with Crippen molar-refractivity contribution in [3.8, 4) is 0 Å². The molecule has 0 saturated carbocycles. The Balaban J connectivity index is 2.87. The van der Waals surface area contributed by atoms with Crippen LogP contribution in [0.15, 0.2) is 21.3 Å². The summed E-state index contributed by atoms with van der Waals surface area (Å²) < 4.78 is 1.75. The third-order valence-corrected chi connectivity index (χ3v) is 2.72. The number of aromatic nitrogens is 1. The second kappa shape index (κ2) is 4.93. The summed E-state index contributed by atoms with van der Waals surface area (Å²) in [5.41, 5.74) is 0.913. The molecule has 72 valence electrons. The summed E-state index contributed by atoms with van der Waals surface area (Å²) in [6, 6.07) is 0.0231. The third kappa shape index (κ3) is 2.93. The van der Waals surface area contributed by atoms with Gasteiger partial charge >= 0.3 is 0 Å². The Morgan fingerprint density at radius 1 is 1.46 bits per heavy atom. The molecule has 5 heteroatoms. The van der Waals surface area contributed by atoms with Gasteiger partial charge in [0.15, 0.2) is 0 Å². The molecule has 0 spiro atoms. The van der Waals surface area contributed by atoms with Crippen LogP contribution in [-0.2, 0) is 0 Å². The van der Waals surface area contributed by atoms with Gasteiger partial charge in [-0.15, -0.1) is 0 Å². The lowest BCUT2D eigenvalue weighted by atomic mass is 10.3. The summed E-state index contributed by atoms with van der Waals surface area (Å²) >= 11 is 6.74. The zero-order valence-electron chi connectivity index (χ0n) is 7.09. The van der Waals surface area contributed by atoms with Gasteiger partial charge in [0.25, 0.3) is 0 Å². The first-order valence-electron chi connectivity index (χ1n) is 3.81. The van der Waals surface area contributed by atoms with E-state index in [2.05, 4.69) is 42.2 Å². The van der Waals surface area contributed by atoms with E-state index in [4.69, 9.17) is 5.11 Å². The molecule has 0 aliphatic rings. The number of hydrogen-bond acceptors (Lipinski definition) is 3. The molecule has 13 heavy (non-hydrogen) atoms. The Morgan fingerprint density at radius 3 is 2.46 bits per heavy atom. The zero-order valence-corrected chi connectivity index (χ0v) is 10.3. The van der Waals surface area contributed by atoms with Crippen LogP contribution in [0.25, 0.3) is 0 Å². The molecule has 0 radical (unpaired) electrons. The Morgan fingerprint density at radius 2 is 2.00 bits per heavy atom. The molecule has 0 aliphatic heterocycles. The summed E-state index contributed by atoms with van der Waals surface area (Å²) in [5.74, 6) is 0. The fourth-order valence-electron chi connectivity index (χ4n) is 0.841. The monoisotopic (exact) mass is 308 g/mol. The lowest BCUT2D eigenvalue weighted by Gasteiger charge is -2.14. The molecule has 1 rings (SSSR count). The van der Waals surface area contributed by atoms with E-state index in [-0.39, 0.29) is 12.6 Å². The molecule has 1 heterocycles. The van der Waals surface area contributed by atoms with Crippen molar-refractivity contribution in [3.05, 3.63) is 21.3 Å². The Hall–Kier alpha value is -0.130. The molecule has 0 amide bonds. The largest absolute Gasteiger partial charge is 0.394 e. The topological polar surface area (TPSA) is 45.1 Å². The number of anilines is 1. The lowest BCUT2D eigenvalue weighted by molar-refractivity contribution is 0.281. The summed E-state index contributed by atoms with van der Waals surface area (Å²) in [6.45, 7) is 2.00. The highest BCUT2D eigenvalue weighted by molar-refractivity contribution is 9.11. The smallest absolute Gasteiger partial charge is 0.0663 e. The number of aliphatic hydroxyl groups excluding tert-OH is 1. The zero-order chi connectivity index (χ0) is 9.84. The van der Waals surface area contributed by atoms with Gasteiger partial charge < -0.3 is 10.4 Å². The van der Waals surface area contributed by atoms with Gasteiger partial charge in [-0.3, -0.25) is 4.98 Å². The molecule has 1 aromatic rings. The average molecular weight is 310 g/mol. The summed E-state index contributed by atoms with van der Waals surface area (Å²) in [4.78, 5) is 3.98. The van der Waals surface area contributed by atoms with E-state index in [1.165, 1.54) is 0 Å². The molecule has 0 unspecified atom stereocenters. The summed E-state index contributed by atoms with van der Waals surface area (Å²) in [6.07, 6.45) is 3.41. The number of halogens is 2. The standard InChI is InChI=1S/C8H10Br2N2O/c1-5(4-13)12-8-6(9)2-11-3-7(8)10/h2-3,5,13H,4H2,1H3,(H,11,12)/t5-/m0/s1. The minimum absolute atomic E-state index is 0.0231. The number of nitrogens with one attached hydrogen (secondary N) is 1. The maximum Gasteiger partial charge on any atom is 0.0663 e. The van der Waals surface area contributed by atoms with Crippen LogP contribution in [-0.4, -0.2) is 22.7 Å². The number of nitrogens with zero attached hydrogens (tertiary/aromatic N) is 1. The van der Waals surface area contributed by atoms with Crippen molar-refractivity contribution in [2.75, 3.05) is 11.9 Å². The summed E-state index contributed by atoms with van der Waals surface area (Å²) in [5, 5.41) is 12.0. The Bertz CT molecular complexity index is 273. The Kier molecular flexibility index (Phi) is 4.15. The molecular weight excluding hydrogens is 300 g/mol.